The fourth-order valence-corrected chi connectivity index (χ4v) is 4.23. The molecule has 8 nitrogen and oxygen atoms in total. The second kappa shape index (κ2) is 12.2. The van der Waals surface area contributed by atoms with Crippen molar-refractivity contribution in [2.75, 3.05) is 13.7 Å². The maximum absolute atomic E-state index is 12.4. The highest BCUT2D eigenvalue weighted by Gasteiger charge is 2.21. The van der Waals surface area contributed by atoms with Crippen molar-refractivity contribution in [1.29, 1.82) is 0 Å². The Morgan fingerprint density at radius 2 is 1.88 bits per heavy atom. The average Bonchev–Trinajstić information content (AvgIpc) is 3.26. The Balaban J connectivity index is 1.79. The lowest BCUT2D eigenvalue weighted by molar-refractivity contribution is -0.144. The number of carbonyl (C=O) groups is 2. The van der Waals surface area contributed by atoms with Gasteiger partial charge in [0.2, 0.25) is 5.91 Å². The van der Waals surface area contributed by atoms with E-state index in [2.05, 4.69) is 15.5 Å². The number of amides is 1. The monoisotopic (exact) mass is 482 g/mol. The lowest BCUT2D eigenvalue weighted by Crippen LogP contribution is -2.29. The van der Waals surface area contributed by atoms with Gasteiger partial charge in [0.1, 0.15) is 5.75 Å². The summed E-state index contributed by atoms with van der Waals surface area (Å²) < 4.78 is 12.2. The minimum Gasteiger partial charge on any atom is -0.497 e. The molecule has 0 saturated carbocycles. The van der Waals surface area contributed by atoms with E-state index < -0.39 is 6.04 Å². The maximum Gasteiger partial charge on any atom is 0.306 e. The third-order valence-corrected chi connectivity index (χ3v) is 6.08. The predicted octanol–water partition coefficient (Wildman–Crippen LogP) is 4.40. The van der Waals surface area contributed by atoms with Crippen molar-refractivity contribution in [1.82, 2.24) is 20.1 Å². The van der Waals surface area contributed by atoms with E-state index >= 15 is 0 Å². The van der Waals surface area contributed by atoms with Gasteiger partial charge in [-0.3, -0.25) is 14.2 Å². The molecule has 3 rings (SSSR count). The molecule has 1 heterocycles. The second-order valence-corrected chi connectivity index (χ2v) is 8.69. The van der Waals surface area contributed by atoms with E-state index in [9.17, 15) is 9.59 Å². The number of rotatable bonds is 11. The fraction of sp³-hybridized carbons (Fsp3) is 0.360. The molecule has 0 saturated heterocycles. The third kappa shape index (κ3) is 6.84. The molecule has 34 heavy (non-hydrogen) atoms. The van der Waals surface area contributed by atoms with Crippen molar-refractivity contribution >= 4 is 23.6 Å². The molecule has 0 spiro atoms. The smallest absolute Gasteiger partial charge is 0.306 e. The highest BCUT2D eigenvalue weighted by Crippen LogP contribution is 2.28. The number of ether oxygens (including phenoxy) is 2. The molecule has 0 aliphatic rings. The molecule has 1 amide bonds. The Kier molecular flexibility index (Phi) is 9.09. The highest BCUT2D eigenvalue weighted by atomic mass is 32.2. The zero-order chi connectivity index (χ0) is 24.5. The number of aromatic nitrogens is 3. The number of methoxy groups -OCH3 is 1. The van der Waals surface area contributed by atoms with Gasteiger partial charge in [0.05, 0.1) is 26.2 Å². The molecule has 0 aliphatic heterocycles. The normalized spacial score (nSPS) is 11.6. The van der Waals surface area contributed by atoms with Crippen molar-refractivity contribution < 1.29 is 19.1 Å². The van der Waals surface area contributed by atoms with Gasteiger partial charge in [-0.25, -0.2) is 0 Å². The number of esters is 1. The van der Waals surface area contributed by atoms with Crippen LogP contribution in [0.4, 0.5) is 0 Å². The molecule has 0 radical (unpaired) electrons. The first-order valence-corrected chi connectivity index (χ1v) is 12.1. The summed E-state index contributed by atoms with van der Waals surface area (Å²) in [5.41, 5.74) is 3.15. The number of aryl methyl sites for hydroxylation is 1. The van der Waals surface area contributed by atoms with Crippen LogP contribution in [-0.2, 0) is 20.1 Å². The predicted molar refractivity (Wildman–Crippen MR) is 131 cm³/mol. The van der Waals surface area contributed by atoms with Gasteiger partial charge in [0, 0.05) is 17.9 Å². The van der Waals surface area contributed by atoms with E-state index in [4.69, 9.17) is 9.47 Å². The van der Waals surface area contributed by atoms with Gasteiger partial charge < -0.3 is 14.8 Å². The Morgan fingerprint density at radius 1 is 1.12 bits per heavy atom. The standard InChI is InChI=1S/C25H30N4O4S/c1-5-33-23(31)14-13-22(30)26-18(3)24-27-28-25(29(24)20-11-9-17(2)10-12-20)34-16-19-7-6-8-21(15-19)32-4/h6-12,15,18H,5,13-14,16H2,1-4H3,(H,26,30). The van der Waals surface area contributed by atoms with Crippen molar-refractivity contribution in [3.63, 3.8) is 0 Å². The average molecular weight is 483 g/mol. The summed E-state index contributed by atoms with van der Waals surface area (Å²) in [5, 5.41) is 12.5. The minimum atomic E-state index is -0.408. The van der Waals surface area contributed by atoms with Crippen LogP contribution in [0.1, 0.15) is 49.7 Å². The molecule has 0 bridgehead atoms. The summed E-state index contributed by atoms with van der Waals surface area (Å²) in [6, 6.07) is 15.6. The molecule has 1 aromatic heterocycles. The van der Waals surface area contributed by atoms with Crippen LogP contribution in [0.15, 0.2) is 53.7 Å². The maximum atomic E-state index is 12.4. The zero-order valence-corrected chi connectivity index (χ0v) is 20.7. The molecule has 3 aromatic rings. The number of hydrogen-bond acceptors (Lipinski definition) is 7. The summed E-state index contributed by atoms with van der Waals surface area (Å²) >= 11 is 1.56. The summed E-state index contributed by atoms with van der Waals surface area (Å²) in [4.78, 5) is 24.0. The molecular weight excluding hydrogens is 452 g/mol. The number of hydrogen-bond donors (Lipinski definition) is 1. The topological polar surface area (TPSA) is 95.3 Å². The van der Waals surface area contributed by atoms with Crippen LogP contribution in [0.25, 0.3) is 5.69 Å². The highest BCUT2D eigenvalue weighted by molar-refractivity contribution is 7.98. The number of nitrogens with one attached hydrogen (secondary N) is 1. The Labute approximate surface area is 204 Å². The van der Waals surface area contributed by atoms with Crippen LogP contribution >= 0.6 is 11.8 Å². The van der Waals surface area contributed by atoms with Crippen LogP contribution in [0.5, 0.6) is 5.75 Å². The molecule has 180 valence electrons. The summed E-state index contributed by atoms with van der Waals surface area (Å²) in [5.74, 6) is 1.47. The van der Waals surface area contributed by atoms with E-state index in [-0.39, 0.29) is 24.7 Å². The number of carbonyl (C=O) groups excluding carboxylic acids is 2. The first kappa shape index (κ1) is 25.3. The fourth-order valence-electron chi connectivity index (χ4n) is 3.33. The summed E-state index contributed by atoms with van der Waals surface area (Å²) in [7, 11) is 1.65. The SMILES string of the molecule is CCOC(=O)CCC(=O)NC(C)c1nnc(SCc2cccc(OC)c2)n1-c1ccc(C)cc1. The molecular formula is C25H30N4O4S. The zero-order valence-electron chi connectivity index (χ0n) is 19.9. The van der Waals surface area contributed by atoms with E-state index in [1.165, 1.54) is 0 Å². The number of nitrogens with zero attached hydrogens (tertiary/aromatic N) is 3. The van der Waals surface area contributed by atoms with Crippen LogP contribution in [0.2, 0.25) is 0 Å². The lowest BCUT2D eigenvalue weighted by Gasteiger charge is -2.16. The molecule has 0 aliphatic carbocycles. The van der Waals surface area contributed by atoms with Crippen molar-refractivity contribution in [3.8, 4) is 11.4 Å². The molecule has 9 heteroatoms. The van der Waals surface area contributed by atoms with Crippen molar-refractivity contribution in [2.45, 2.75) is 50.6 Å². The number of benzene rings is 2. The largest absolute Gasteiger partial charge is 0.497 e. The van der Waals surface area contributed by atoms with E-state index in [1.807, 2.05) is 66.9 Å². The summed E-state index contributed by atoms with van der Waals surface area (Å²) in [6.07, 6.45) is 0.0952. The Hall–Kier alpha value is -3.33. The molecule has 2 aromatic carbocycles. The van der Waals surface area contributed by atoms with E-state index in [1.54, 1.807) is 25.8 Å². The van der Waals surface area contributed by atoms with Crippen molar-refractivity contribution in [3.05, 3.63) is 65.5 Å². The quantitative estimate of drug-likeness (QED) is 0.320. The molecule has 1 unspecified atom stereocenters. The molecule has 1 N–H and O–H groups in total. The Morgan fingerprint density at radius 3 is 2.59 bits per heavy atom. The van der Waals surface area contributed by atoms with Crippen molar-refractivity contribution in [2.24, 2.45) is 0 Å². The van der Waals surface area contributed by atoms with Gasteiger partial charge in [0.25, 0.3) is 0 Å². The van der Waals surface area contributed by atoms with Crippen LogP contribution < -0.4 is 10.1 Å². The van der Waals surface area contributed by atoms with Gasteiger partial charge in [-0.05, 0) is 50.6 Å². The minimum absolute atomic E-state index is 0.0404. The molecule has 0 fully saturated rings. The van der Waals surface area contributed by atoms with Gasteiger partial charge >= 0.3 is 5.97 Å². The van der Waals surface area contributed by atoms with Gasteiger partial charge in [-0.15, -0.1) is 10.2 Å². The van der Waals surface area contributed by atoms with Gasteiger partial charge in [-0.1, -0.05) is 41.6 Å². The van der Waals surface area contributed by atoms with Gasteiger partial charge in [0.15, 0.2) is 11.0 Å². The third-order valence-electron chi connectivity index (χ3n) is 5.08. The van der Waals surface area contributed by atoms with Crippen LogP contribution in [0.3, 0.4) is 0 Å². The van der Waals surface area contributed by atoms with Crippen LogP contribution in [0, 0.1) is 6.92 Å². The first-order valence-electron chi connectivity index (χ1n) is 11.1. The van der Waals surface area contributed by atoms with E-state index in [0.717, 1.165) is 22.6 Å². The van der Waals surface area contributed by atoms with E-state index in [0.29, 0.717) is 23.3 Å². The lowest BCUT2D eigenvalue weighted by atomic mass is 10.2. The number of thioether (sulfide) groups is 1. The molecule has 1 atom stereocenters. The second-order valence-electron chi connectivity index (χ2n) is 7.75. The van der Waals surface area contributed by atoms with Gasteiger partial charge in [-0.2, -0.15) is 0 Å². The first-order chi connectivity index (χ1) is 16.4. The summed E-state index contributed by atoms with van der Waals surface area (Å²) in [6.45, 7) is 5.92. The Bertz CT molecular complexity index is 1110. The van der Waals surface area contributed by atoms with Crippen LogP contribution in [-0.4, -0.2) is 40.4 Å².